The van der Waals surface area contributed by atoms with Gasteiger partial charge >= 0.3 is 0 Å². The van der Waals surface area contributed by atoms with Gasteiger partial charge in [0.1, 0.15) is 12.2 Å². The molecule has 0 spiro atoms. The summed E-state index contributed by atoms with van der Waals surface area (Å²) in [6, 6.07) is -0.687. The van der Waals surface area contributed by atoms with Crippen LogP contribution in [-0.4, -0.2) is 26.7 Å². The van der Waals surface area contributed by atoms with Gasteiger partial charge in [-0.15, -0.1) is 10.2 Å². The topological polar surface area (TPSA) is 99.8 Å². The van der Waals surface area contributed by atoms with Gasteiger partial charge in [0, 0.05) is 13.5 Å². The number of nitrogens with zero attached hydrogens (tertiary/aromatic N) is 3. The Kier molecular flexibility index (Phi) is 2.39. The van der Waals surface area contributed by atoms with Crippen molar-refractivity contribution in [3.63, 3.8) is 0 Å². The highest BCUT2D eigenvalue weighted by Gasteiger charge is 2.12. The number of hydrogen-bond donors (Lipinski definition) is 2. The highest BCUT2D eigenvalue weighted by Crippen LogP contribution is 1.95. The second-order valence-electron chi connectivity index (χ2n) is 2.57. The largest absolute Gasteiger partial charge is 0.368 e. The van der Waals surface area contributed by atoms with Gasteiger partial charge in [-0.2, -0.15) is 0 Å². The quantitative estimate of drug-likeness (QED) is 0.555. The molecule has 0 saturated heterocycles. The molecule has 0 bridgehead atoms. The summed E-state index contributed by atoms with van der Waals surface area (Å²) in [5.74, 6) is 0.124. The zero-order valence-corrected chi connectivity index (χ0v) is 6.77. The minimum atomic E-state index is -0.687. The lowest BCUT2D eigenvalue weighted by molar-refractivity contribution is -0.119. The minimum absolute atomic E-state index is 0.325. The lowest BCUT2D eigenvalue weighted by Crippen LogP contribution is -2.38. The van der Waals surface area contributed by atoms with Crippen molar-refractivity contribution >= 4 is 5.91 Å². The third-order valence-corrected chi connectivity index (χ3v) is 1.57. The van der Waals surface area contributed by atoms with Gasteiger partial charge in [0.25, 0.3) is 0 Å². The van der Waals surface area contributed by atoms with Gasteiger partial charge in [0.05, 0.1) is 6.04 Å². The van der Waals surface area contributed by atoms with E-state index in [0.717, 1.165) is 0 Å². The van der Waals surface area contributed by atoms with Gasteiger partial charge < -0.3 is 16.0 Å². The van der Waals surface area contributed by atoms with Gasteiger partial charge in [-0.05, 0) is 0 Å². The average Bonchev–Trinajstić information content (AvgIpc) is 2.36. The Morgan fingerprint density at radius 3 is 2.92 bits per heavy atom. The van der Waals surface area contributed by atoms with Crippen LogP contribution in [0.25, 0.3) is 0 Å². The third kappa shape index (κ3) is 1.79. The predicted octanol–water partition coefficient (Wildman–Crippen LogP) is -1.83. The van der Waals surface area contributed by atoms with Crippen LogP contribution in [0.5, 0.6) is 0 Å². The van der Waals surface area contributed by atoms with Crippen LogP contribution in [0.1, 0.15) is 5.82 Å². The molecule has 4 N–H and O–H groups in total. The molecule has 1 aromatic rings. The summed E-state index contributed by atoms with van der Waals surface area (Å²) in [6.07, 6.45) is 1.87. The second kappa shape index (κ2) is 3.31. The Hall–Kier alpha value is -1.43. The van der Waals surface area contributed by atoms with Crippen LogP contribution in [0.4, 0.5) is 0 Å². The maximum absolute atomic E-state index is 10.6. The van der Waals surface area contributed by atoms with Crippen LogP contribution < -0.4 is 11.5 Å². The number of amides is 1. The average molecular weight is 169 g/mol. The summed E-state index contributed by atoms with van der Waals surface area (Å²) < 4.78 is 1.70. The predicted molar refractivity (Wildman–Crippen MR) is 41.9 cm³/mol. The van der Waals surface area contributed by atoms with Gasteiger partial charge in [-0.3, -0.25) is 4.79 Å². The van der Waals surface area contributed by atoms with E-state index in [4.69, 9.17) is 11.5 Å². The standard InChI is InChI=1S/C6H11N5O/c1-11-3-9-10-5(11)2-4(7)6(8)12/h3-4H,2,7H2,1H3,(H2,8,12). The van der Waals surface area contributed by atoms with Crippen molar-refractivity contribution in [1.82, 2.24) is 14.8 Å². The van der Waals surface area contributed by atoms with E-state index in [2.05, 4.69) is 10.2 Å². The fourth-order valence-electron chi connectivity index (χ4n) is 0.789. The van der Waals surface area contributed by atoms with Gasteiger partial charge in [-0.25, -0.2) is 0 Å². The molecule has 1 rings (SSSR count). The molecule has 12 heavy (non-hydrogen) atoms. The van der Waals surface area contributed by atoms with Crippen molar-refractivity contribution in [1.29, 1.82) is 0 Å². The van der Waals surface area contributed by atoms with Crippen molar-refractivity contribution in [2.75, 3.05) is 0 Å². The Bertz CT molecular complexity index is 281. The van der Waals surface area contributed by atoms with Crippen LogP contribution in [0.3, 0.4) is 0 Å². The van der Waals surface area contributed by atoms with Gasteiger partial charge in [0.15, 0.2) is 0 Å². The van der Waals surface area contributed by atoms with E-state index in [0.29, 0.717) is 12.2 Å². The van der Waals surface area contributed by atoms with E-state index in [9.17, 15) is 4.79 Å². The molecular formula is C6H11N5O. The molecule has 0 aromatic carbocycles. The number of hydrogen-bond acceptors (Lipinski definition) is 4. The van der Waals surface area contributed by atoms with E-state index >= 15 is 0 Å². The summed E-state index contributed by atoms with van der Waals surface area (Å²) in [6.45, 7) is 0. The van der Waals surface area contributed by atoms with Crippen LogP contribution >= 0.6 is 0 Å². The zero-order valence-electron chi connectivity index (χ0n) is 6.77. The normalized spacial score (nSPS) is 12.8. The molecule has 1 atom stereocenters. The van der Waals surface area contributed by atoms with Crippen molar-refractivity contribution in [2.45, 2.75) is 12.5 Å². The van der Waals surface area contributed by atoms with Crippen LogP contribution in [0.15, 0.2) is 6.33 Å². The summed E-state index contributed by atoms with van der Waals surface area (Å²) in [7, 11) is 1.78. The highest BCUT2D eigenvalue weighted by atomic mass is 16.1. The van der Waals surface area contributed by atoms with Crippen LogP contribution in [-0.2, 0) is 18.3 Å². The molecule has 0 aliphatic rings. The van der Waals surface area contributed by atoms with Crippen molar-refractivity contribution < 1.29 is 4.79 Å². The zero-order chi connectivity index (χ0) is 9.14. The summed E-state index contributed by atoms with van der Waals surface area (Å²) in [5.41, 5.74) is 10.4. The van der Waals surface area contributed by atoms with Crippen LogP contribution in [0.2, 0.25) is 0 Å². The molecule has 0 fully saturated rings. The van der Waals surface area contributed by atoms with Crippen molar-refractivity contribution in [3.05, 3.63) is 12.2 Å². The summed E-state index contributed by atoms with van der Waals surface area (Å²) in [4.78, 5) is 10.6. The number of nitrogens with two attached hydrogens (primary N) is 2. The van der Waals surface area contributed by atoms with Gasteiger partial charge in [-0.1, -0.05) is 0 Å². The van der Waals surface area contributed by atoms with E-state index in [-0.39, 0.29) is 0 Å². The Balaban J connectivity index is 2.64. The number of primary amides is 1. The molecule has 0 aliphatic carbocycles. The van der Waals surface area contributed by atoms with Crippen molar-refractivity contribution in [2.24, 2.45) is 18.5 Å². The number of aryl methyl sites for hydroxylation is 1. The van der Waals surface area contributed by atoms with Crippen molar-refractivity contribution in [3.8, 4) is 0 Å². The molecule has 6 nitrogen and oxygen atoms in total. The minimum Gasteiger partial charge on any atom is -0.368 e. The smallest absolute Gasteiger partial charge is 0.234 e. The first-order valence-corrected chi connectivity index (χ1v) is 3.49. The molecule has 1 unspecified atom stereocenters. The van der Waals surface area contributed by atoms with E-state index < -0.39 is 11.9 Å². The number of rotatable bonds is 3. The Morgan fingerprint density at radius 2 is 2.50 bits per heavy atom. The van der Waals surface area contributed by atoms with Gasteiger partial charge in [0.2, 0.25) is 5.91 Å². The summed E-state index contributed by atoms with van der Waals surface area (Å²) >= 11 is 0. The maximum Gasteiger partial charge on any atom is 0.234 e. The molecule has 6 heteroatoms. The Morgan fingerprint density at radius 1 is 1.83 bits per heavy atom. The third-order valence-electron chi connectivity index (χ3n) is 1.57. The fourth-order valence-corrected chi connectivity index (χ4v) is 0.789. The molecule has 0 aliphatic heterocycles. The second-order valence-corrected chi connectivity index (χ2v) is 2.57. The first-order valence-electron chi connectivity index (χ1n) is 3.49. The molecule has 1 amide bonds. The monoisotopic (exact) mass is 169 g/mol. The summed E-state index contributed by atoms with van der Waals surface area (Å²) in [5, 5.41) is 7.40. The lowest BCUT2D eigenvalue weighted by Gasteiger charge is -2.05. The molecular weight excluding hydrogens is 158 g/mol. The Labute approximate surface area is 69.6 Å². The highest BCUT2D eigenvalue weighted by molar-refractivity contribution is 5.79. The number of carbonyl (C=O) groups is 1. The number of aromatic nitrogens is 3. The lowest BCUT2D eigenvalue weighted by atomic mass is 10.2. The first kappa shape index (κ1) is 8.66. The van der Waals surface area contributed by atoms with E-state index in [1.807, 2.05) is 0 Å². The van der Waals surface area contributed by atoms with E-state index in [1.165, 1.54) is 0 Å². The molecule has 0 radical (unpaired) electrons. The number of carbonyl (C=O) groups excluding carboxylic acids is 1. The molecule has 66 valence electrons. The fraction of sp³-hybridized carbons (Fsp3) is 0.500. The molecule has 1 heterocycles. The molecule has 0 saturated carbocycles. The van der Waals surface area contributed by atoms with Crippen LogP contribution in [0, 0.1) is 0 Å². The SMILES string of the molecule is Cn1cnnc1CC(N)C(N)=O. The molecule has 1 aromatic heterocycles. The van der Waals surface area contributed by atoms with E-state index in [1.54, 1.807) is 17.9 Å². The maximum atomic E-state index is 10.6. The first-order chi connectivity index (χ1) is 5.61.